The van der Waals surface area contributed by atoms with Crippen LogP contribution < -0.4 is 0 Å². The fourth-order valence-electron chi connectivity index (χ4n) is 1.39. The molecular formula is C11H25BN. The molecule has 0 spiro atoms. The SMILES string of the molecule is CCCCCCCCCN(C)C.[B]. The molecule has 77 valence electrons. The summed E-state index contributed by atoms with van der Waals surface area (Å²) in [6, 6.07) is 0. The highest BCUT2D eigenvalue weighted by Crippen LogP contribution is 2.06. The van der Waals surface area contributed by atoms with Gasteiger partial charge in [-0.2, -0.15) is 0 Å². The van der Waals surface area contributed by atoms with Crippen LogP contribution in [0.15, 0.2) is 0 Å². The van der Waals surface area contributed by atoms with E-state index in [1.807, 2.05) is 0 Å². The molecule has 0 amide bonds. The largest absolute Gasteiger partial charge is 0.309 e. The van der Waals surface area contributed by atoms with Crippen molar-refractivity contribution in [1.82, 2.24) is 4.90 Å². The molecule has 0 aliphatic heterocycles. The van der Waals surface area contributed by atoms with Gasteiger partial charge in [0.1, 0.15) is 0 Å². The predicted molar refractivity (Wildman–Crippen MR) is 62.3 cm³/mol. The molecule has 3 radical (unpaired) electrons. The van der Waals surface area contributed by atoms with Crippen LogP contribution in [0.5, 0.6) is 0 Å². The minimum Gasteiger partial charge on any atom is -0.309 e. The molecule has 0 aromatic rings. The fraction of sp³-hybridized carbons (Fsp3) is 1.00. The number of unbranched alkanes of at least 4 members (excludes halogenated alkanes) is 6. The molecule has 0 saturated carbocycles. The third-order valence-electron chi connectivity index (χ3n) is 2.21. The molecular weight excluding hydrogens is 157 g/mol. The summed E-state index contributed by atoms with van der Waals surface area (Å²) in [4.78, 5) is 2.27. The number of rotatable bonds is 8. The van der Waals surface area contributed by atoms with Gasteiger partial charge in [0.05, 0.1) is 0 Å². The van der Waals surface area contributed by atoms with Crippen molar-refractivity contribution in [3.05, 3.63) is 0 Å². The predicted octanol–water partition coefficient (Wildman–Crippen LogP) is 2.92. The summed E-state index contributed by atoms with van der Waals surface area (Å²) in [5.74, 6) is 0. The molecule has 0 aromatic heterocycles. The molecule has 0 heterocycles. The van der Waals surface area contributed by atoms with Gasteiger partial charge in [0.25, 0.3) is 0 Å². The monoisotopic (exact) mass is 182 g/mol. The maximum atomic E-state index is 2.27. The van der Waals surface area contributed by atoms with E-state index in [1.54, 1.807) is 0 Å². The highest BCUT2D eigenvalue weighted by atomic mass is 15.0. The normalized spacial score (nSPS) is 10.2. The molecule has 0 aliphatic carbocycles. The van der Waals surface area contributed by atoms with Gasteiger partial charge in [0, 0.05) is 8.41 Å². The lowest BCUT2D eigenvalue weighted by Gasteiger charge is -2.08. The van der Waals surface area contributed by atoms with Gasteiger partial charge in [-0.1, -0.05) is 45.4 Å². The molecule has 0 bridgehead atoms. The van der Waals surface area contributed by atoms with E-state index in [0.29, 0.717) is 0 Å². The van der Waals surface area contributed by atoms with E-state index in [1.165, 1.54) is 51.5 Å². The summed E-state index contributed by atoms with van der Waals surface area (Å²) < 4.78 is 0. The molecule has 0 rings (SSSR count). The van der Waals surface area contributed by atoms with Crippen LogP contribution in [-0.4, -0.2) is 34.0 Å². The van der Waals surface area contributed by atoms with Crippen molar-refractivity contribution >= 4 is 8.41 Å². The van der Waals surface area contributed by atoms with E-state index in [9.17, 15) is 0 Å². The average Bonchev–Trinajstić information content (AvgIpc) is 2.02. The van der Waals surface area contributed by atoms with Crippen LogP contribution >= 0.6 is 0 Å². The molecule has 0 unspecified atom stereocenters. The van der Waals surface area contributed by atoms with Crippen molar-refractivity contribution in [1.29, 1.82) is 0 Å². The van der Waals surface area contributed by atoms with E-state index in [0.717, 1.165) is 0 Å². The van der Waals surface area contributed by atoms with Crippen LogP contribution in [0.1, 0.15) is 51.9 Å². The maximum absolute atomic E-state index is 2.27. The van der Waals surface area contributed by atoms with E-state index in [-0.39, 0.29) is 8.41 Å². The standard InChI is InChI=1S/C11H25N.B/c1-4-5-6-7-8-9-10-11-12(2)3;/h4-11H2,1-3H3;. The van der Waals surface area contributed by atoms with E-state index in [2.05, 4.69) is 25.9 Å². The van der Waals surface area contributed by atoms with Crippen molar-refractivity contribution in [2.24, 2.45) is 0 Å². The highest BCUT2D eigenvalue weighted by Gasteiger charge is 1.91. The Kier molecular flexibility index (Phi) is 14.3. The molecule has 0 aliphatic rings. The topological polar surface area (TPSA) is 3.24 Å². The van der Waals surface area contributed by atoms with Gasteiger partial charge >= 0.3 is 0 Å². The quantitative estimate of drug-likeness (QED) is 0.412. The Hall–Kier alpha value is 0.0249. The summed E-state index contributed by atoms with van der Waals surface area (Å²) in [5.41, 5.74) is 0. The summed E-state index contributed by atoms with van der Waals surface area (Å²) in [6.45, 7) is 3.53. The Balaban J connectivity index is 0. The highest BCUT2D eigenvalue weighted by molar-refractivity contribution is 5.75. The average molecular weight is 182 g/mol. The Morgan fingerprint density at radius 1 is 0.769 bits per heavy atom. The van der Waals surface area contributed by atoms with E-state index < -0.39 is 0 Å². The zero-order chi connectivity index (χ0) is 9.23. The molecule has 0 N–H and O–H groups in total. The smallest absolute Gasteiger partial charge is 0 e. The van der Waals surface area contributed by atoms with Crippen molar-refractivity contribution in [2.45, 2.75) is 51.9 Å². The molecule has 13 heavy (non-hydrogen) atoms. The third-order valence-corrected chi connectivity index (χ3v) is 2.21. The molecule has 0 fully saturated rings. The Morgan fingerprint density at radius 2 is 1.23 bits per heavy atom. The Morgan fingerprint density at radius 3 is 1.69 bits per heavy atom. The molecule has 2 heteroatoms. The van der Waals surface area contributed by atoms with Crippen LogP contribution in [0.2, 0.25) is 0 Å². The molecule has 1 nitrogen and oxygen atoms in total. The van der Waals surface area contributed by atoms with Gasteiger partial charge in [-0.15, -0.1) is 0 Å². The van der Waals surface area contributed by atoms with Gasteiger partial charge in [0.2, 0.25) is 0 Å². The van der Waals surface area contributed by atoms with Crippen LogP contribution in [0.3, 0.4) is 0 Å². The van der Waals surface area contributed by atoms with Gasteiger partial charge in [-0.25, -0.2) is 0 Å². The van der Waals surface area contributed by atoms with Crippen LogP contribution in [0, 0.1) is 0 Å². The van der Waals surface area contributed by atoms with Crippen LogP contribution in [0.4, 0.5) is 0 Å². The molecule has 0 aromatic carbocycles. The van der Waals surface area contributed by atoms with Crippen molar-refractivity contribution in [3.8, 4) is 0 Å². The minimum atomic E-state index is 0. The van der Waals surface area contributed by atoms with Crippen molar-refractivity contribution < 1.29 is 0 Å². The minimum absolute atomic E-state index is 0. The van der Waals surface area contributed by atoms with Crippen LogP contribution in [0.25, 0.3) is 0 Å². The van der Waals surface area contributed by atoms with Gasteiger partial charge < -0.3 is 4.90 Å². The van der Waals surface area contributed by atoms with Gasteiger partial charge in [0.15, 0.2) is 0 Å². The number of hydrogen-bond donors (Lipinski definition) is 0. The van der Waals surface area contributed by atoms with E-state index in [4.69, 9.17) is 0 Å². The van der Waals surface area contributed by atoms with E-state index >= 15 is 0 Å². The lowest BCUT2D eigenvalue weighted by Crippen LogP contribution is -2.12. The Labute approximate surface area is 86.5 Å². The zero-order valence-electron chi connectivity index (χ0n) is 9.68. The third kappa shape index (κ3) is 14.8. The molecule has 0 atom stereocenters. The van der Waals surface area contributed by atoms with Crippen molar-refractivity contribution in [3.63, 3.8) is 0 Å². The Bertz CT molecular complexity index is 84.2. The summed E-state index contributed by atoms with van der Waals surface area (Å²) >= 11 is 0. The van der Waals surface area contributed by atoms with Gasteiger partial charge in [-0.05, 0) is 27.1 Å². The van der Waals surface area contributed by atoms with Crippen LogP contribution in [-0.2, 0) is 0 Å². The lowest BCUT2D eigenvalue weighted by molar-refractivity contribution is 0.389. The first kappa shape index (κ1) is 15.5. The second kappa shape index (κ2) is 12.0. The second-order valence-electron chi connectivity index (χ2n) is 3.92. The summed E-state index contributed by atoms with van der Waals surface area (Å²) in [5, 5.41) is 0. The summed E-state index contributed by atoms with van der Waals surface area (Å²) in [6.07, 6.45) is 9.90. The number of nitrogens with zero attached hydrogens (tertiary/aromatic N) is 1. The molecule has 0 saturated heterocycles. The van der Waals surface area contributed by atoms with Gasteiger partial charge in [-0.3, -0.25) is 0 Å². The van der Waals surface area contributed by atoms with Crippen molar-refractivity contribution in [2.75, 3.05) is 20.6 Å². The summed E-state index contributed by atoms with van der Waals surface area (Å²) in [7, 11) is 4.30. The first-order chi connectivity index (χ1) is 5.77. The maximum Gasteiger partial charge on any atom is 0 e. The lowest BCUT2D eigenvalue weighted by atomic mass is 10.1. The zero-order valence-corrected chi connectivity index (χ0v) is 9.68. The number of hydrogen-bond acceptors (Lipinski definition) is 1. The second-order valence-corrected chi connectivity index (χ2v) is 3.92. The first-order valence-corrected chi connectivity index (χ1v) is 5.42. The fourth-order valence-corrected chi connectivity index (χ4v) is 1.39. The first-order valence-electron chi connectivity index (χ1n) is 5.42.